The standard InChI is InChI=1S/C23H24N2O3/c26-22(27)16-18(23-24-20-7-3-4-8-21(20)28-23)15-17-9-11-19(12-10-17)25-13-5-1-2-6-14-25/h3-4,7-12,15H,1-2,5-6,13-14,16H2,(H,26,27)/p-1/b18-15+. The summed E-state index contributed by atoms with van der Waals surface area (Å²) in [7, 11) is 0. The summed E-state index contributed by atoms with van der Waals surface area (Å²) in [6.07, 6.45) is 6.63. The summed E-state index contributed by atoms with van der Waals surface area (Å²) in [6.45, 7) is 2.18. The monoisotopic (exact) mass is 375 g/mol. The van der Waals surface area contributed by atoms with E-state index in [0.717, 1.165) is 18.7 Å². The number of rotatable bonds is 5. The predicted octanol–water partition coefficient (Wildman–Crippen LogP) is 3.89. The molecule has 28 heavy (non-hydrogen) atoms. The number of aliphatic carboxylic acids is 1. The second-order valence-electron chi connectivity index (χ2n) is 7.20. The molecule has 0 saturated carbocycles. The number of para-hydroxylation sites is 2. The lowest BCUT2D eigenvalue weighted by molar-refractivity contribution is -0.304. The van der Waals surface area contributed by atoms with Crippen LogP contribution in [-0.2, 0) is 4.79 Å². The van der Waals surface area contributed by atoms with Crippen molar-refractivity contribution in [1.29, 1.82) is 0 Å². The highest BCUT2D eigenvalue weighted by Crippen LogP contribution is 2.26. The Kier molecular flexibility index (Phi) is 5.42. The highest BCUT2D eigenvalue weighted by molar-refractivity contribution is 5.90. The molecule has 1 saturated heterocycles. The number of hydrogen-bond donors (Lipinski definition) is 0. The highest BCUT2D eigenvalue weighted by Gasteiger charge is 2.12. The van der Waals surface area contributed by atoms with Gasteiger partial charge in [-0.2, -0.15) is 0 Å². The van der Waals surface area contributed by atoms with Gasteiger partial charge in [-0.05, 0) is 48.7 Å². The Morgan fingerprint density at radius 2 is 1.75 bits per heavy atom. The minimum Gasteiger partial charge on any atom is -0.550 e. The quantitative estimate of drug-likeness (QED) is 0.677. The predicted molar refractivity (Wildman–Crippen MR) is 109 cm³/mol. The minimum absolute atomic E-state index is 0.249. The molecule has 5 heteroatoms. The van der Waals surface area contributed by atoms with Crippen molar-refractivity contribution in [2.75, 3.05) is 18.0 Å². The zero-order valence-corrected chi connectivity index (χ0v) is 15.8. The Balaban J connectivity index is 1.61. The van der Waals surface area contributed by atoms with Crippen molar-refractivity contribution in [3.05, 3.63) is 60.0 Å². The summed E-state index contributed by atoms with van der Waals surface area (Å²) < 4.78 is 5.76. The fourth-order valence-corrected chi connectivity index (χ4v) is 3.66. The summed E-state index contributed by atoms with van der Waals surface area (Å²) in [5, 5.41) is 11.3. The van der Waals surface area contributed by atoms with Crippen LogP contribution in [0.3, 0.4) is 0 Å². The molecule has 0 N–H and O–H groups in total. The number of oxazole rings is 1. The second-order valence-corrected chi connectivity index (χ2v) is 7.20. The van der Waals surface area contributed by atoms with E-state index in [1.54, 1.807) is 0 Å². The molecule has 3 aromatic rings. The molecule has 2 aromatic carbocycles. The van der Waals surface area contributed by atoms with E-state index < -0.39 is 5.97 Å². The molecule has 0 unspecified atom stereocenters. The Hall–Kier alpha value is -3.08. The van der Waals surface area contributed by atoms with E-state index in [1.165, 1.54) is 31.4 Å². The number of nitrogens with zero attached hydrogens (tertiary/aromatic N) is 2. The number of fused-ring (bicyclic) bond motifs is 1. The van der Waals surface area contributed by atoms with Crippen molar-refractivity contribution >= 4 is 34.4 Å². The third kappa shape index (κ3) is 4.25. The van der Waals surface area contributed by atoms with Crippen molar-refractivity contribution in [2.45, 2.75) is 32.1 Å². The molecule has 1 fully saturated rings. The van der Waals surface area contributed by atoms with Crippen LogP contribution in [0.15, 0.2) is 52.9 Å². The first kappa shape index (κ1) is 18.3. The number of carbonyl (C=O) groups is 1. The average Bonchev–Trinajstić information content (AvgIpc) is 2.94. The molecule has 0 atom stereocenters. The molecule has 0 spiro atoms. The molecule has 144 valence electrons. The maximum atomic E-state index is 11.3. The number of carboxylic acid groups (broad SMARTS) is 1. The Labute approximate surface area is 164 Å². The number of benzene rings is 2. The van der Waals surface area contributed by atoms with Gasteiger partial charge in [-0.3, -0.25) is 0 Å². The van der Waals surface area contributed by atoms with Crippen LogP contribution in [-0.4, -0.2) is 24.0 Å². The highest BCUT2D eigenvalue weighted by atomic mass is 16.4. The molecule has 2 heterocycles. The summed E-state index contributed by atoms with van der Waals surface area (Å²) in [5.41, 5.74) is 3.97. The van der Waals surface area contributed by atoms with E-state index in [4.69, 9.17) is 4.42 Å². The molecule has 0 radical (unpaired) electrons. The van der Waals surface area contributed by atoms with Crippen LogP contribution >= 0.6 is 0 Å². The van der Waals surface area contributed by atoms with Crippen LogP contribution in [0, 0.1) is 0 Å². The van der Waals surface area contributed by atoms with E-state index in [2.05, 4.69) is 22.0 Å². The zero-order chi connectivity index (χ0) is 19.3. The molecule has 1 aliphatic rings. The smallest absolute Gasteiger partial charge is 0.223 e. The lowest BCUT2D eigenvalue weighted by atomic mass is 10.1. The van der Waals surface area contributed by atoms with Gasteiger partial charge in [0.25, 0.3) is 0 Å². The fraction of sp³-hybridized carbons (Fsp3) is 0.304. The van der Waals surface area contributed by atoms with Gasteiger partial charge in [0.05, 0.1) is 0 Å². The lowest BCUT2D eigenvalue weighted by Crippen LogP contribution is -2.23. The van der Waals surface area contributed by atoms with E-state index in [9.17, 15) is 9.90 Å². The average molecular weight is 375 g/mol. The van der Waals surface area contributed by atoms with Gasteiger partial charge in [-0.15, -0.1) is 0 Å². The number of hydrogen-bond acceptors (Lipinski definition) is 5. The van der Waals surface area contributed by atoms with Crippen molar-refractivity contribution in [3.63, 3.8) is 0 Å². The van der Waals surface area contributed by atoms with E-state index in [1.807, 2.05) is 42.5 Å². The first-order valence-electron chi connectivity index (χ1n) is 9.80. The van der Waals surface area contributed by atoms with Crippen LogP contribution in [0.1, 0.15) is 43.6 Å². The summed E-state index contributed by atoms with van der Waals surface area (Å²) in [5.74, 6) is -0.836. The molecule has 1 aromatic heterocycles. The van der Waals surface area contributed by atoms with Crippen LogP contribution < -0.4 is 10.0 Å². The molecular weight excluding hydrogens is 352 g/mol. The molecule has 4 rings (SSSR count). The van der Waals surface area contributed by atoms with Gasteiger partial charge in [-0.25, -0.2) is 4.98 Å². The van der Waals surface area contributed by atoms with Crippen molar-refractivity contribution < 1.29 is 14.3 Å². The van der Waals surface area contributed by atoms with Gasteiger partial charge in [0.2, 0.25) is 5.89 Å². The van der Waals surface area contributed by atoms with Gasteiger partial charge in [-0.1, -0.05) is 37.1 Å². The molecule has 0 bridgehead atoms. The van der Waals surface area contributed by atoms with Gasteiger partial charge in [0.15, 0.2) is 5.58 Å². The summed E-state index contributed by atoms with van der Waals surface area (Å²) >= 11 is 0. The van der Waals surface area contributed by atoms with E-state index >= 15 is 0 Å². The largest absolute Gasteiger partial charge is 0.550 e. The number of aromatic nitrogens is 1. The molecule has 0 aliphatic carbocycles. The van der Waals surface area contributed by atoms with Crippen LogP contribution in [0.5, 0.6) is 0 Å². The topological polar surface area (TPSA) is 69.4 Å². The third-order valence-corrected chi connectivity index (χ3v) is 5.11. The Morgan fingerprint density at radius 1 is 1.04 bits per heavy atom. The fourth-order valence-electron chi connectivity index (χ4n) is 3.66. The van der Waals surface area contributed by atoms with Gasteiger partial charge in [0, 0.05) is 36.7 Å². The second kappa shape index (κ2) is 8.30. The minimum atomic E-state index is -1.16. The summed E-state index contributed by atoms with van der Waals surface area (Å²) in [4.78, 5) is 18.1. The van der Waals surface area contributed by atoms with Crippen molar-refractivity contribution in [2.24, 2.45) is 0 Å². The Bertz CT molecular complexity index is 948. The number of carbonyl (C=O) groups excluding carboxylic acids is 1. The maximum absolute atomic E-state index is 11.3. The molecule has 0 amide bonds. The number of carboxylic acids is 1. The first-order chi connectivity index (χ1) is 13.7. The Morgan fingerprint density at radius 3 is 2.43 bits per heavy atom. The zero-order valence-electron chi connectivity index (χ0n) is 15.8. The number of anilines is 1. The van der Waals surface area contributed by atoms with Gasteiger partial charge < -0.3 is 19.2 Å². The molecule has 5 nitrogen and oxygen atoms in total. The third-order valence-electron chi connectivity index (χ3n) is 5.11. The van der Waals surface area contributed by atoms with Crippen LogP contribution in [0.2, 0.25) is 0 Å². The van der Waals surface area contributed by atoms with Crippen LogP contribution in [0.25, 0.3) is 22.7 Å². The normalized spacial score (nSPS) is 15.6. The van der Waals surface area contributed by atoms with Gasteiger partial charge >= 0.3 is 0 Å². The summed E-state index contributed by atoms with van der Waals surface area (Å²) in [6, 6.07) is 15.6. The van der Waals surface area contributed by atoms with E-state index in [-0.39, 0.29) is 6.42 Å². The lowest BCUT2D eigenvalue weighted by Gasteiger charge is -2.22. The van der Waals surface area contributed by atoms with Crippen LogP contribution in [0.4, 0.5) is 5.69 Å². The first-order valence-corrected chi connectivity index (χ1v) is 9.80. The van der Waals surface area contributed by atoms with Gasteiger partial charge in [0.1, 0.15) is 5.52 Å². The van der Waals surface area contributed by atoms with Crippen molar-refractivity contribution in [1.82, 2.24) is 4.98 Å². The molecular formula is C23H23N2O3-. The van der Waals surface area contributed by atoms with Crippen molar-refractivity contribution in [3.8, 4) is 0 Å². The maximum Gasteiger partial charge on any atom is 0.223 e. The molecule has 1 aliphatic heterocycles. The van der Waals surface area contributed by atoms with E-state index in [0.29, 0.717) is 22.6 Å². The SMILES string of the molecule is O=C([O-])C/C(=C\c1ccc(N2CCCCCC2)cc1)c1nc2ccccc2o1.